The molecule has 2 fully saturated rings. The SMILES string of the molecule is O=C(/C=C/c1ccccc1)N1CCC(C(=O)N(Cc2ccc(F)cc2F)C2CC2)CC1. The lowest BCUT2D eigenvalue weighted by molar-refractivity contribution is -0.140. The van der Waals surface area contributed by atoms with Crippen LogP contribution in [0.2, 0.25) is 0 Å². The molecule has 6 heteroatoms. The Kier molecular flexibility index (Phi) is 6.44. The quantitative estimate of drug-likeness (QED) is 0.645. The smallest absolute Gasteiger partial charge is 0.246 e. The van der Waals surface area contributed by atoms with Gasteiger partial charge in [-0.25, -0.2) is 8.78 Å². The highest BCUT2D eigenvalue weighted by atomic mass is 19.1. The van der Waals surface area contributed by atoms with Crippen LogP contribution in [0, 0.1) is 17.6 Å². The second-order valence-corrected chi connectivity index (χ2v) is 8.28. The number of hydrogen-bond donors (Lipinski definition) is 0. The first kappa shape index (κ1) is 21.2. The van der Waals surface area contributed by atoms with E-state index in [0.717, 1.165) is 24.5 Å². The molecule has 31 heavy (non-hydrogen) atoms. The molecule has 2 aliphatic rings. The Morgan fingerprint density at radius 2 is 1.71 bits per heavy atom. The van der Waals surface area contributed by atoms with Crippen molar-refractivity contribution in [3.8, 4) is 0 Å². The van der Waals surface area contributed by atoms with Gasteiger partial charge in [0.25, 0.3) is 0 Å². The monoisotopic (exact) mass is 424 g/mol. The second-order valence-electron chi connectivity index (χ2n) is 8.28. The van der Waals surface area contributed by atoms with E-state index in [1.807, 2.05) is 30.3 Å². The molecule has 2 aromatic rings. The van der Waals surface area contributed by atoms with E-state index in [4.69, 9.17) is 0 Å². The molecule has 0 unspecified atom stereocenters. The summed E-state index contributed by atoms with van der Waals surface area (Å²) >= 11 is 0. The lowest BCUT2D eigenvalue weighted by Gasteiger charge is -2.34. The molecule has 0 aromatic heterocycles. The van der Waals surface area contributed by atoms with Crippen LogP contribution in [0.3, 0.4) is 0 Å². The van der Waals surface area contributed by atoms with Gasteiger partial charge in [-0.15, -0.1) is 0 Å². The van der Waals surface area contributed by atoms with Gasteiger partial charge in [0.2, 0.25) is 11.8 Å². The number of carbonyl (C=O) groups is 2. The number of rotatable bonds is 6. The van der Waals surface area contributed by atoms with Gasteiger partial charge >= 0.3 is 0 Å². The Bertz CT molecular complexity index is 965. The van der Waals surface area contributed by atoms with Crippen molar-refractivity contribution in [1.82, 2.24) is 9.80 Å². The van der Waals surface area contributed by atoms with Gasteiger partial charge in [-0.1, -0.05) is 36.4 Å². The first-order valence-corrected chi connectivity index (χ1v) is 10.8. The molecular formula is C25H26F2N2O2. The van der Waals surface area contributed by atoms with E-state index in [0.29, 0.717) is 31.5 Å². The van der Waals surface area contributed by atoms with E-state index >= 15 is 0 Å². The third-order valence-electron chi connectivity index (χ3n) is 6.00. The van der Waals surface area contributed by atoms with Crippen molar-refractivity contribution in [2.45, 2.75) is 38.3 Å². The summed E-state index contributed by atoms with van der Waals surface area (Å²) in [4.78, 5) is 29.2. The summed E-state index contributed by atoms with van der Waals surface area (Å²) in [5, 5.41) is 0. The zero-order chi connectivity index (χ0) is 21.8. The standard InChI is InChI=1S/C25H26F2N2O2/c26-21-8-7-20(23(27)16-21)17-29(22-9-10-22)25(31)19-12-14-28(15-13-19)24(30)11-6-18-4-2-1-3-5-18/h1-8,11,16,19,22H,9-10,12-15,17H2/b11-6+. The van der Waals surface area contributed by atoms with Crippen LogP contribution < -0.4 is 0 Å². The summed E-state index contributed by atoms with van der Waals surface area (Å²) in [6, 6.07) is 13.3. The number of hydrogen-bond acceptors (Lipinski definition) is 2. The largest absolute Gasteiger partial charge is 0.339 e. The van der Waals surface area contributed by atoms with Crippen molar-refractivity contribution in [2.24, 2.45) is 5.92 Å². The molecule has 2 aromatic carbocycles. The van der Waals surface area contributed by atoms with Crippen LogP contribution in [0.25, 0.3) is 6.08 Å². The summed E-state index contributed by atoms with van der Waals surface area (Å²) < 4.78 is 27.3. The van der Waals surface area contributed by atoms with Gasteiger partial charge in [0.05, 0.1) is 0 Å². The molecule has 1 aliphatic carbocycles. The van der Waals surface area contributed by atoms with Gasteiger partial charge in [0.15, 0.2) is 0 Å². The minimum atomic E-state index is -0.621. The predicted molar refractivity (Wildman–Crippen MR) is 115 cm³/mol. The molecule has 1 aliphatic heterocycles. The van der Waals surface area contributed by atoms with Gasteiger partial charge in [0.1, 0.15) is 11.6 Å². The Labute approximate surface area is 181 Å². The first-order chi connectivity index (χ1) is 15.0. The van der Waals surface area contributed by atoms with Crippen LogP contribution in [0.15, 0.2) is 54.6 Å². The molecule has 1 heterocycles. The van der Waals surface area contributed by atoms with Crippen molar-refractivity contribution in [1.29, 1.82) is 0 Å². The summed E-state index contributed by atoms with van der Waals surface area (Å²) in [6.45, 7) is 1.21. The zero-order valence-electron chi connectivity index (χ0n) is 17.3. The molecule has 2 amide bonds. The average molecular weight is 424 g/mol. The highest BCUT2D eigenvalue weighted by molar-refractivity contribution is 5.92. The minimum absolute atomic E-state index is 0.0122. The number of amides is 2. The van der Waals surface area contributed by atoms with Gasteiger partial charge in [0, 0.05) is 49.3 Å². The molecule has 1 saturated carbocycles. The predicted octanol–water partition coefficient (Wildman–Crippen LogP) is 4.41. The van der Waals surface area contributed by atoms with E-state index in [1.54, 1.807) is 22.0 Å². The van der Waals surface area contributed by atoms with Gasteiger partial charge < -0.3 is 9.80 Å². The maximum Gasteiger partial charge on any atom is 0.246 e. The van der Waals surface area contributed by atoms with E-state index in [1.165, 1.54) is 12.1 Å². The van der Waals surface area contributed by atoms with Gasteiger partial charge in [-0.05, 0) is 43.4 Å². The fraction of sp³-hybridized carbons (Fsp3) is 0.360. The Morgan fingerprint density at radius 1 is 1.00 bits per heavy atom. The summed E-state index contributed by atoms with van der Waals surface area (Å²) in [5.74, 6) is -1.46. The van der Waals surface area contributed by atoms with Crippen LogP contribution in [0.1, 0.15) is 36.8 Å². The highest BCUT2D eigenvalue weighted by Crippen LogP contribution is 2.32. The van der Waals surface area contributed by atoms with E-state index in [-0.39, 0.29) is 30.3 Å². The third-order valence-corrected chi connectivity index (χ3v) is 6.00. The average Bonchev–Trinajstić information content (AvgIpc) is 3.63. The molecule has 162 valence electrons. The number of halogens is 2. The maximum absolute atomic E-state index is 14.1. The number of likely N-dealkylation sites (tertiary alicyclic amines) is 1. The van der Waals surface area contributed by atoms with Crippen LogP contribution in [0.5, 0.6) is 0 Å². The first-order valence-electron chi connectivity index (χ1n) is 10.8. The number of benzene rings is 2. The van der Waals surface area contributed by atoms with Gasteiger partial charge in [-0.2, -0.15) is 0 Å². The number of carbonyl (C=O) groups excluding carboxylic acids is 2. The minimum Gasteiger partial charge on any atom is -0.339 e. The molecule has 0 spiro atoms. The van der Waals surface area contributed by atoms with Crippen LogP contribution in [0.4, 0.5) is 8.78 Å². The normalized spacial score (nSPS) is 17.2. The fourth-order valence-corrected chi connectivity index (χ4v) is 4.03. The summed E-state index contributed by atoms with van der Waals surface area (Å²) in [6.07, 6.45) is 6.39. The van der Waals surface area contributed by atoms with Crippen LogP contribution >= 0.6 is 0 Å². The van der Waals surface area contributed by atoms with Crippen molar-refractivity contribution >= 4 is 17.9 Å². The molecular weight excluding hydrogens is 398 g/mol. The molecule has 4 rings (SSSR count). The zero-order valence-corrected chi connectivity index (χ0v) is 17.3. The molecule has 0 atom stereocenters. The Balaban J connectivity index is 1.34. The Morgan fingerprint density at radius 3 is 2.35 bits per heavy atom. The molecule has 0 radical (unpaired) electrons. The molecule has 0 bridgehead atoms. The van der Waals surface area contributed by atoms with Crippen molar-refractivity contribution in [2.75, 3.05) is 13.1 Å². The van der Waals surface area contributed by atoms with E-state index < -0.39 is 11.6 Å². The molecule has 0 N–H and O–H groups in total. The summed E-state index contributed by atoms with van der Waals surface area (Å²) in [5.41, 5.74) is 1.30. The lowest BCUT2D eigenvalue weighted by atomic mass is 9.94. The number of nitrogens with zero attached hydrogens (tertiary/aromatic N) is 2. The highest BCUT2D eigenvalue weighted by Gasteiger charge is 2.37. The maximum atomic E-state index is 14.1. The lowest BCUT2D eigenvalue weighted by Crippen LogP contribution is -2.44. The summed E-state index contributed by atoms with van der Waals surface area (Å²) in [7, 11) is 0. The fourth-order valence-electron chi connectivity index (χ4n) is 4.03. The van der Waals surface area contributed by atoms with Crippen molar-refractivity contribution in [3.05, 3.63) is 77.4 Å². The molecule has 4 nitrogen and oxygen atoms in total. The number of piperidine rings is 1. The van der Waals surface area contributed by atoms with Gasteiger partial charge in [-0.3, -0.25) is 9.59 Å². The van der Waals surface area contributed by atoms with E-state index in [2.05, 4.69) is 0 Å². The second kappa shape index (κ2) is 9.41. The van der Waals surface area contributed by atoms with Crippen molar-refractivity contribution < 1.29 is 18.4 Å². The molecule has 1 saturated heterocycles. The van der Waals surface area contributed by atoms with Crippen molar-refractivity contribution in [3.63, 3.8) is 0 Å². The van der Waals surface area contributed by atoms with Crippen LogP contribution in [-0.4, -0.2) is 40.7 Å². The topological polar surface area (TPSA) is 40.6 Å². The Hall–Kier alpha value is -3.02. The van der Waals surface area contributed by atoms with Crippen LogP contribution in [-0.2, 0) is 16.1 Å². The third kappa shape index (κ3) is 5.37. The van der Waals surface area contributed by atoms with E-state index in [9.17, 15) is 18.4 Å².